The zero-order chi connectivity index (χ0) is 14.1. The molecule has 2 fully saturated rings. The molecule has 3 heterocycles. The van der Waals surface area contributed by atoms with Crippen LogP contribution < -0.4 is 4.90 Å². The molecule has 0 saturated carbocycles. The fourth-order valence-corrected chi connectivity index (χ4v) is 3.09. The minimum absolute atomic E-state index is 0.265. The van der Waals surface area contributed by atoms with E-state index in [9.17, 15) is 4.39 Å². The van der Waals surface area contributed by atoms with Crippen LogP contribution in [0.5, 0.6) is 0 Å². The molecule has 0 amide bonds. The van der Waals surface area contributed by atoms with Crippen molar-refractivity contribution in [3.05, 3.63) is 17.8 Å². The summed E-state index contributed by atoms with van der Waals surface area (Å²) in [7, 11) is 2.11. The van der Waals surface area contributed by atoms with E-state index in [1.807, 2.05) is 6.92 Å². The van der Waals surface area contributed by atoms with E-state index in [2.05, 4.69) is 26.8 Å². The maximum Gasteiger partial charge on any atom is 0.187 e. The second-order valence-electron chi connectivity index (χ2n) is 5.71. The van der Waals surface area contributed by atoms with Crippen LogP contribution in [0.3, 0.4) is 0 Å². The van der Waals surface area contributed by atoms with Crippen molar-refractivity contribution in [3.8, 4) is 0 Å². The Morgan fingerprint density at radius 3 is 2.95 bits per heavy atom. The normalized spacial score (nSPS) is 27.4. The molecule has 2 aliphatic heterocycles. The Morgan fingerprint density at radius 2 is 2.15 bits per heavy atom. The summed E-state index contributed by atoms with van der Waals surface area (Å²) in [6.07, 6.45) is 2.06. The first-order valence-electron chi connectivity index (χ1n) is 7.21. The summed E-state index contributed by atoms with van der Waals surface area (Å²) in [4.78, 5) is 12.6. The van der Waals surface area contributed by atoms with Crippen molar-refractivity contribution in [2.24, 2.45) is 5.92 Å². The lowest BCUT2D eigenvalue weighted by Gasteiger charge is -2.30. The van der Waals surface area contributed by atoms with Gasteiger partial charge in [-0.2, -0.15) is 0 Å². The van der Waals surface area contributed by atoms with Gasteiger partial charge in [-0.1, -0.05) is 6.92 Å². The van der Waals surface area contributed by atoms with Crippen LogP contribution in [0.25, 0.3) is 0 Å². The number of nitrogens with zero attached hydrogens (tertiary/aromatic N) is 4. The zero-order valence-electron chi connectivity index (χ0n) is 12.0. The molecular formula is C14H21FN4O. The standard InChI is InChI=1S/C14H21FN4O/c1-3-12-13(15)14(17-9-16-12)19-5-10-4-18(2)11(6-19)8-20-7-10/h9-11H,3-8H2,1-2H3/t10-,11+/m1/s1. The third-order valence-corrected chi connectivity index (χ3v) is 4.22. The highest BCUT2D eigenvalue weighted by atomic mass is 19.1. The van der Waals surface area contributed by atoms with E-state index >= 15 is 0 Å². The first-order valence-corrected chi connectivity index (χ1v) is 7.21. The number of anilines is 1. The molecule has 2 saturated heterocycles. The maximum absolute atomic E-state index is 14.5. The van der Waals surface area contributed by atoms with Gasteiger partial charge in [-0.15, -0.1) is 0 Å². The fourth-order valence-electron chi connectivity index (χ4n) is 3.09. The topological polar surface area (TPSA) is 41.5 Å². The third kappa shape index (κ3) is 2.50. The van der Waals surface area contributed by atoms with Crippen LogP contribution in [0.1, 0.15) is 12.6 Å². The summed E-state index contributed by atoms with van der Waals surface area (Å²) in [5.41, 5.74) is 0.494. The molecule has 2 atom stereocenters. The number of fused-ring (bicyclic) bond motifs is 3. The van der Waals surface area contributed by atoms with Gasteiger partial charge in [0.05, 0.1) is 24.9 Å². The molecule has 0 unspecified atom stereocenters. The number of hydrogen-bond donors (Lipinski definition) is 0. The van der Waals surface area contributed by atoms with E-state index in [4.69, 9.17) is 4.74 Å². The Bertz CT molecular complexity index is 484. The lowest BCUT2D eigenvalue weighted by atomic mass is 10.1. The van der Waals surface area contributed by atoms with E-state index in [1.54, 1.807) is 0 Å². The third-order valence-electron chi connectivity index (χ3n) is 4.22. The van der Waals surface area contributed by atoms with Gasteiger partial charge in [0.2, 0.25) is 0 Å². The van der Waals surface area contributed by atoms with E-state index in [0.29, 0.717) is 36.5 Å². The number of hydrogen-bond acceptors (Lipinski definition) is 5. The van der Waals surface area contributed by atoms with Gasteiger partial charge in [-0.25, -0.2) is 14.4 Å². The number of rotatable bonds is 2. The van der Waals surface area contributed by atoms with Crippen LogP contribution in [0.15, 0.2) is 6.33 Å². The highest BCUT2D eigenvalue weighted by Crippen LogP contribution is 2.25. The van der Waals surface area contributed by atoms with Gasteiger partial charge >= 0.3 is 0 Å². The smallest absolute Gasteiger partial charge is 0.187 e. The molecule has 3 rings (SSSR count). The number of ether oxygens (including phenoxy) is 1. The molecule has 0 spiro atoms. The van der Waals surface area contributed by atoms with Crippen molar-refractivity contribution in [2.45, 2.75) is 19.4 Å². The molecule has 0 radical (unpaired) electrons. The predicted molar refractivity (Wildman–Crippen MR) is 74.3 cm³/mol. The van der Waals surface area contributed by atoms with Crippen molar-refractivity contribution < 1.29 is 9.13 Å². The van der Waals surface area contributed by atoms with Crippen molar-refractivity contribution in [1.82, 2.24) is 14.9 Å². The van der Waals surface area contributed by atoms with E-state index < -0.39 is 0 Å². The van der Waals surface area contributed by atoms with Gasteiger partial charge in [0.15, 0.2) is 11.6 Å². The fraction of sp³-hybridized carbons (Fsp3) is 0.714. The number of halogens is 1. The van der Waals surface area contributed by atoms with Crippen LogP contribution in [-0.4, -0.2) is 60.8 Å². The molecule has 0 aromatic carbocycles. The predicted octanol–water partition coefficient (Wildman–Crippen LogP) is 0.945. The van der Waals surface area contributed by atoms with E-state index in [1.165, 1.54) is 6.33 Å². The summed E-state index contributed by atoms with van der Waals surface area (Å²) in [6, 6.07) is 0.293. The SMILES string of the molecule is CCc1ncnc(N2C[C@@H]3COC[C@H](C2)N(C)C3)c1F. The van der Waals surface area contributed by atoms with Gasteiger partial charge in [0.25, 0.3) is 0 Å². The highest BCUT2D eigenvalue weighted by molar-refractivity contribution is 5.42. The van der Waals surface area contributed by atoms with Crippen LogP contribution in [0.4, 0.5) is 10.2 Å². The molecule has 20 heavy (non-hydrogen) atoms. The summed E-state index contributed by atoms with van der Waals surface area (Å²) in [5, 5.41) is 0. The quantitative estimate of drug-likeness (QED) is 0.806. The van der Waals surface area contributed by atoms with Crippen molar-refractivity contribution >= 4 is 5.82 Å². The van der Waals surface area contributed by atoms with Gasteiger partial charge in [0, 0.05) is 25.6 Å². The molecule has 0 aliphatic carbocycles. The number of aromatic nitrogens is 2. The highest BCUT2D eigenvalue weighted by Gasteiger charge is 2.33. The van der Waals surface area contributed by atoms with E-state index in [0.717, 1.165) is 26.2 Å². The first-order chi connectivity index (χ1) is 9.69. The monoisotopic (exact) mass is 280 g/mol. The lowest BCUT2D eigenvalue weighted by Crippen LogP contribution is -2.43. The molecule has 0 N–H and O–H groups in total. The summed E-state index contributed by atoms with van der Waals surface area (Å²) >= 11 is 0. The Morgan fingerprint density at radius 1 is 1.30 bits per heavy atom. The average molecular weight is 280 g/mol. The molecule has 1 aromatic rings. The van der Waals surface area contributed by atoms with Crippen LogP contribution in [0.2, 0.25) is 0 Å². The maximum atomic E-state index is 14.5. The summed E-state index contributed by atoms with van der Waals surface area (Å²) < 4.78 is 20.1. The van der Waals surface area contributed by atoms with Crippen molar-refractivity contribution in [2.75, 3.05) is 44.8 Å². The summed E-state index contributed by atoms with van der Waals surface area (Å²) in [5.74, 6) is 0.578. The Labute approximate surface area is 118 Å². The lowest BCUT2D eigenvalue weighted by molar-refractivity contribution is 0.0928. The van der Waals surface area contributed by atoms with Crippen molar-refractivity contribution in [3.63, 3.8) is 0 Å². The Hall–Kier alpha value is -1.27. The average Bonchev–Trinajstić information content (AvgIpc) is 2.67. The minimum Gasteiger partial charge on any atom is -0.379 e. The van der Waals surface area contributed by atoms with Crippen LogP contribution in [-0.2, 0) is 11.2 Å². The second-order valence-corrected chi connectivity index (χ2v) is 5.71. The molecule has 1 aromatic heterocycles. The van der Waals surface area contributed by atoms with Gasteiger partial charge in [-0.05, 0) is 13.5 Å². The molecular weight excluding hydrogens is 259 g/mol. The molecule has 2 bridgehead atoms. The minimum atomic E-state index is -0.265. The van der Waals surface area contributed by atoms with Crippen LogP contribution in [0, 0.1) is 11.7 Å². The molecule has 2 aliphatic rings. The largest absolute Gasteiger partial charge is 0.379 e. The second kappa shape index (κ2) is 5.61. The van der Waals surface area contributed by atoms with E-state index in [-0.39, 0.29) is 5.82 Å². The van der Waals surface area contributed by atoms with Gasteiger partial charge in [0.1, 0.15) is 6.33 Å². The van der Waals surface area contributed by atoms with Crippen molar-refractivity contribution in [1.29, 1.82) is 0 Å². The molecule has 6 heteroatoms. The molecule has 110 valence electrons. The van der Waals surface area contributed by atoms with Gasteiger partial charge in [-0.3, -0.25) is 4.90 Å². The molecule has 5 nitrogen and oxygen atoms in total. The zero-order valence-corrected chi connectivity index (χ0v) is 12.0. The Balaban J connectivity index is 1.91. The number of aryl methyl sites for hydroxylation is 1. The summed E-state index contributed by atoms with van der Waals surface area (Å²) in [6.45, 7) is 5.89. The van der Waals surface area contributed by atoms with Crippen LogP contribution >= 0.6 is 0 Å². The Kier molecular flexibility index (Phi) is 3.85. The first kappa shape index (κ1) is 13.7. The number of likely N-dealkylation sites (N-methyl/N-ethyl adjacent to an activating group) is 1. The van der Waals surface area contributed by atoms with Gasteiger partial charge < -0.3 is 9.64 Å².